The SMILES string of the molecule is CCOC(=O)[C@@H]1C[C@@]2(C=O)C#C[C@H]2N1C(=O)OC(C)(C)C. The fourth-order valence-corrected chi connectivity index (χ4v) is 2.53. The number of ether oxygens (including phenoxy) is 2. The van der Waals surface area contributed by atoms with Crippen molar-refractivity contribution in [2.24, 2.45) is 5.41 Å². The highest BCUT2D eigenvalue weighted by atomic mass is 16.6. The second-order valence-corrected chi connectivity index (χ2v) is 6.19. The van der Waals surface area contributed by atoms with Gasteiger partial charge in [-0.2, -0.15) is 0 Å². The number of hydrogen-bond donors (Lipinski definition) is 0. The van der Waals surface area contributed by atoms with Gasteiger partial charge in [-0.25, -0.2) is 9.59 Å². The predicted octanol–water partition coefficient (Wildman–Crippen LogP) is 1.13. The average Bonchev–Trinajstić information content (AvgIpc) is 2.57. The van der Waals surface area contributed by atoms with Gasteiger partial charge in [0.1, 0.15) is 29.4 Å². The summed E-state index contributed by atoms with van der Waals surface area (Å²) in [4.78, 5) is 37.0. The number of hydrogen-bond acceptors (Lipinski definition) is 5. The number of aldehydes is 1. The van der Waals surface area contributed by atoms with Gasteiger partial charge < -0.3 is 14.3 Å². The van der Waals surface area contributed by atoms with Crippen molar-refractivity contribution in [1.29, 1.82) is 0 Å². The molecule has 0 radical (unpaired) electrons. The van der Waals surface area contributed by atoms with Crippen LogP contribution < -0.4 is 0 Å². The first-order valence-electron chi connectivity index (χ1n) is 6.91. The zero-order chi connectivity index (χ0) is 15.8. The number of likely N-dealkylation sites (tertiary alicyclic amines) is 1. The molecule has 3 atom stereocenters. The Labute approximate surface area is 123 Å². The lowest BCUT2D eigenvalue weighted by molar-refractivity contribution is -0.148. The smallest absolute Gasteiger partial charge is 0.412 e. The summed E-state index contributed by atoms with van der Waals surface area (Å²) >= 11 is 0. The molecule has 2 rings (SSSR count). The Balaban J connectivity index is 2.26. The zero-order valence-corrected chi connectivity index (χ0v) is 12.6. The molecule has 6 heteroatoms. The Bertz CT molecular complexity index is 538. The molecule has 1 heterocycles. The van der Waals surface area contributed by atoms with Crippen molar-refractivity contribution in [2.45, 2.75) is 51.8 Å². The van der Waals surface area contributed by atoms with E-state index in [-0.39, 0.29) is 13.0 Å². The van der Waals surface area contributed by atoms with Gasteiger partial charge in [0.2, 0.25) is 0 Å². The first-order valence-corrected chi connectivity index (χ1v) is 6.91. The lowest BCUT2D eigenvalue weighted by Crippen LogP contribution is -2.51. The van der Waals surface area contributed by atoms with Crippen molar-refractivity contribution in [3.8, 4) is 11.8 Å². The van der Waals surface area contributed by atoms with Crippen LogP contribution in [0.2, 0.25) is 0 Å². The zero-order valence-electron chi connectivity index (χ0n) is 12.6. The van der Waals surface area contributed by atoms with Crippen LogP contribution in [-0.2, 0) is 19.1 Å². The number of rotatable bonds is 3. The molecule has 6 nitrogen and oxygen atoms in total. The molecule has 1 aliphatic heterocycles. The monoisotopic (exact) mass is 293 g/mol. The molecule has 0 aromatic carbocycles. The maximum atomic E-state index is 12.3. The van der Waals surface area contributed by atoms with E-state index in [4.69, 9.17) is 9.47 Å². The van der Waals surface area contributed by atoms with E-state index in [9.17, 15) is 14.4 Å². The standard InChI is InChI=1S/C15H19NO5/c1-5-20-12(18)10-8-15(9-17)7-6-11(15)16(10)13(19)21-14(2,3)4/h9-11H,5,8H2,1-4H3/t10-,11+,15+/m0/s1. The lowest BCUT2D eigenvalue weighted by atomic mass is 9.75. The highest BCUT2D eigenvalue weighted by Crippen LogP contribution is 2.44. The average molecular weight is 293 g/mol. The van der Waals surface area contributed by atoms with E-state index in [1.54, 1.807) is 27.7 Å². The summed E-state index contributed by atoms with van der Waals surface area (Å²) < 4.78 is 10.3. The number of carbonyl (C=O) groups is 3. The minimum atomic E-state index is -0.964. The normalized spacial score (nSPS) is 29.6. The first-order chi connectivity index (χ1) is 9.74. The van der Waals surface area contributed by atoms with Crippen molar-refractivity contribution in [3.63, 3.8) is 0 Å². The fraction of sp³-hybridized carbons (Fsp3) is 0.667. The Morgan fingerprint density at radius 2 is 2.10 bits per heavy atom. The third-order valence-electron chi connectivity index (χ3n) is 3.45. The van der Waals surface area contributed by atoms with E-state index in [1.165, 1.54) is 4.90 Å². The summed E-state index contributed by atoms with van der Waals surface area (Å²) in [5, 5.41) is 0. The highest BCUT2D eigenvalue weighted by Gasteiger charge is 2.60. The molecular weight excluding hydrogens is 274 g/mol. The second-order valence-electron chi connectivity index (χ2n) is 6.19. The lowest BCUT2D eigenvalue weighted by Gasteiger charge is -2.33. The van der Waals surface area contributed by atoms with Crippen molar-refractivity contribution in [1.82, 2.24) is 4.90 Å². The predicted molar refractivity (Wildman–Crippen MR) is 73.2 cm³/mol. The molecule has 0 aromatic rings. The van der Waals surface area contributed by atoms with Gasteiger partial charge in [0.05, 0.1) is 6.61 Å². The van der Waals surface area contributed by atoms with Crippen LogP contribution in [0.3, 0.4) is 0 Å². The third kappa shape index (κ3) is 2.60. The Hall–Kier alpha value is -2.03. The van der Waals surface area contributed by atoms with Gasteiger partial charge in [-0.1, -0.05) is 11.8 Å². The molecule has 1 fully saturated rings. The minimum absolute atomic E-state index is 0.159. The Kier molecular flexibility index (Phi) is 3.70. The molecule has 0 unspecified atom stereocenters. The van der Waals surface area contributed by atoms with Gasteiger partial charge in [0.25, 0.3) is 0 Å². The molecule has 1 aliphatic carbocycles. The van der Waals surface area contributed by atoms with Crippen LogP contribution in [-0.4, -0.2) is 47.5 Å². The number of carbonyl (C=O) groups excluding carboxylic acids is 3. The molecule has 2 aliphatic rings. The molecule has 0 spiro atoms. The molecule has 21 heavy (non-hydrogen) atoms. The largest absolute Gasteiger partial charge is 0.464 e. The van der Waals surface area contributed by atoms with Crippen LogP contribution >= 0.6 is 0 Å². The summed E-state index contributed by atoms with van der Waals surface area (Å²) in [7, 11) is 0. The van der Waals surface area contributed by atoms with E-state index in [2.05, 4.69) is 11.8 Å². The molecule has 0 saturated carbocycles. The number of esters is 1. The minimum Gasteiger partial charge on any atom is -0.464 e. The van der Waals surface area contributed by atoms with E-state index in [1.807, 2.05) is 0 Å². The summed E-state index contributed by atoms with van der Waals surface area (Å²) in [5.41, 5.74) is -1.66. The summed E-state index contributed by atoms with van der Waals surface area (Å²) in [6.45, 7) is 7.10. The van der Waals surface area contributed by atoms with E-state index >= 15 is 0 Å². The summed E-state index contributed by atoms with van der Waals surface area (Å²) in [6, 6.07) is -1.46. The molecule has 0 aromatic heterocycles. The maximum Gasteiger partial charge on any atom is 0.412 e. The highest BCUT2D eigenvalue weighted by molar-refractivity contribution is 5.88. The van der Waals surface area contributed by atoms with Crippen LogP contribution in [0.25, 0.3) is 0 Å². The quantitative estimate of drug-likeness (QED) is 0.443. The van der Waals surface area contributed by atoms with Crippen molar-refractivity contribution in [2.75, 3.05) is 6.61 Å². The Morgan fingerprint density at radius 1 is 1.43 bits per heavy atom. The summed E-state index contributed by atoms with van der Waals surface area (Å²) in [6.07, 6.45) is 0.222. The van der Waals surface area contributed by atoms with E-state index < -0.39 is 35.2 Å². The number of fused-ring (bicyclic) bond motifs is 1. The van der Waals surface area contributed by atoms with Crippen LogP contribution in [0.15, 0.2) is 0 Å². The third-order valence-corrected chi connectivity index (χ3v) is 3.45. The molecule has 1 amide bonds. The summed E-state index contributed by atoms with van der Waals surface area (Å²) in [5.74, 6) is 5.01. The van der Waals surface area contributed by atoms with Crippen molar-refractivity contribution < 1.29 is 23.9 Å². The topological polar surface area (TPSA) is 72.9 Å². The Morgan fingerprint density at radius 3 is 2.52 bits per heavy atom. The van der Waals surface area contributed by atoms with Crippen molar-refractivity contribution in [3.05, 3.63) is 0 Å². The van der Waals surface area contributed by atoms with Gasteiger partial charge in [0.15, 0.2) is 0 Å². The first kappa shape index (κ1) is 15.4. The maximum absolute atomic E-state index is 12.3. The van der Waals surface area contributed by atoms with Crippen LogP contribution in [0.1, 0.15) is 34.1 Å². The van der Waals surface area contributed by atoms with Gasteiger partial charge in [0, 0.05) is 6.42 Å². The van der Waals surface area contributed by atoms with E-state index in [0.29, 0.717) is 6.29 Å². The van der Waals surface area contributed by atoms with Crippen LogP contribution in [0, 0.1) is 17.3 Å². The molecule has 0 bridgehead atoms. The van der Waals surface area contributed by atoms with Gasteiger partial charge in [-0.15, -0.1) is 0 Å². The molecule has 0 N–H and O–H groups in total. The fourth-order valence-electron chi connectivity index (χ4n) is 2.53. The molecular formula is C15H19NO5. The van der Waals surface area contributed by atoms with Crippen LogP contribution in [0.4, 0.5) is 4.79 Å². The molecule has 114 valence electrons. The van der Waals surface area contributed by atoms with Crippen molar-refractivity contribution >= 4 is 18.3 Å². The number of amides is 1. The van der Waals surface area contributed by atoms with Gasteiger partial charge in [-0.3, -0.25) is 4.90 Å². The van der Waals surface area contributed by atoms with Gasteiger partial charge >= 0.3 is 12.1 Å². The van der Waals surface area contributed by atoms with Gasteiger partial charge in [-0.05, 0) is 27.7 Å². The molecule has 1 saturated heterocycles. The van der Waals surface area contributed by atoms with E-state index in [0.717, 1.165) is 0 Å². The second kappa shape index (κ2) is 5.06. The number of nitrogens with zero attached hydrogens (tertiary/aromatic N) is 1. The van der Waals surface area contributed by atoms with Crippen LogP contribution in [0.5, 0.6) is 0 Å².